The van der Waals surface area contributed by atoms with Crippen molar-refractivity contribution in [2.75, 3.05) is 20.3 Å². The molecule has 1 unspecified atom stereocenters. The first kappa shape index (κ1) is 15.5. The van der Waals surface area contributed by atoms with Crippen molar-refractivity contribution >= 4 is 10.9 Å². The predicted octanol–water partition coefficient (Wildman–Crippen LogP) is 2.34. The van der Waals surface area contributed by atoms with E-state index in [1.54, 1.807) is 7.11 Å². The van der Waals surface area contributed by atoms with Crippen molar-refractivity contribution in [2.24, 2.45) is 12.8 Å². The van der Waals surface area contributed by atoms with Crippen molar-refractivity contribution < 1.29 is 4.74 Å². The highest BCUT2D eigenvalue weighted by Crippen LogP contribution is 2.32. The van der Waals surface area contributed by atoms with Crippen molar-refractivity contribution in [2.45, 2.75) is 39.4 Å². The number of hydrogen-bond acceptors (Lipinski definition) is 3. The number of hydrogen-bond donors (Lipinski definition) is 1. The number of nitrogens with zero attached hydrogens (tertiary/aromatic N) is 2. The van der Waals surface area contributed by atoms with Crippen LogP contribution in [0.4, 0.5) is 0 Å². The van der Waals surface area contributed by atoms with E-state index in [9.17, 15) is 0 Å². The molecule has 1 aromatic carbocycles. The topological polar surface area (TPSA) is 43.4 Å². The number of aromatic nitrogens is 1. The predicted molar refractivity (Wildman–Crippen MR) is 91.0 cm³/mol. The number of benzene rings is 1. The van der Waals surface area contributed by atoms with Crippen molar-refractivity contribution in [3.05, 3.63) is 34.5 Å². The Labute approximate surface area is 132 Å². The summed E-state index contributed by atoms with van der Waals surface area (Å²) in [4.78, 5) is 2.45. The molecule has 4 nitrogen and oxygen atoms in total. The maximum Gasteiger partial charge on any atom is 0.0589 e. The molecule has 120 valence electrons. The molecular formula is C18H27N3O. The molecule has 2 aromatic rings. The molecule has 4 heteroatoms. The quantitative estimate of drug-likeness (QED) is 0.922. The fraction of sp³-hybridized carbons (Fsp3) is 0.556. The molecule has 0 aliphatic carbocycles. The number of nitrogens with two attached hydrogens (primary N) is 1. The summed E-state index contributed by atoms with van der Waals surface area (Å²) in [6.45, 7) is 8.13. The largest absolute Gasteiger partial charge is 0.383 e. The van der Waals surface area contributed by atoms with Crippen LogP contribution in [0.25, 0.3) is 10.9 Å². The summed E-state index contributed by atoms with van der Waals surface area (Å²) in [6.07, 6.45) is 0.940. The van der Waals surface area contributed by atoms with Gasteiger partial charge in [-0.15, -0.1) is 0 Å². The number of aryl methyl sites for hydroxylation is 1. The summed E-state index contributed by atoms with van der Waals surface area (Å²) in [5.41, 5.74) is 13.0. The minimum atomic E-state index is 0.191. The highest BCUT2D eigenvalue weighted by atomic mass is 16.5. The van der Waals surface area contributed by atoms with E-state index in [2.05, 4.69) is 42.5 Å². The zero-order valence-corrected chi connectivity index (χ0v) is 14.1. The number of ether oxygens (including phenoxy) is 1. The summed E-state index contributed by atoms with van der Waals surface area (Å²) in [7, 11) is 3.92. The SMILES string of the molecule is COCCN1Cc2cc3c(CC(C)N)c(C)n(C)c3cc2C1. The Morgan fingerprint density at radius 1 is 1.27 bits per heavy atom. The fourth-order valence-electron chi connectivity index (χ4n) is 3.56. The Bertz CT molecular complexity index is 687. The molecule has 0 saturated carbocycles. The first-order valence-corrected chi connectivity index (χ1v) is 8.07. The Morgan fingerprint density at radius 3 is 2.59 bits per heavy atom. The maximum absolute atomic E-state index is 6.05. The molecule has 1 aliphatic rings. The monoisotopic (exact) mass is 301 g/mol. The molecular weight excluding hydrogens is 274 g/mol. The van der Waals surface area contributed by atoms with Gasteiger partial charge in [0.15, 0.2) is 0 Å². The molecule has 2 N–H and O–H groups in total. The van der Waals surface area contributed by atoms with E-state index < -0.39 is 0 Å². The third-order valence-corrected chi connectivity index (χ3v) is 4.87. The van der Waals surface area contributed by atoms with E-state index in [4.69, 9.17) is 10.5 Å². The van der Waals surface area contributed by atoms with Crippen molar-refractivity contribution in [3.63, 3.8) is 0 Å². The number of fused-ring (bicyclic) bond motifs is 2. The van der Waals surface area contributed by atoms with Gasteiger partial charge >= 0.3 is 0 Å². The first-order chi connectivity index (χ1) is 10.5. The van der Waals surface area contributed by atoms with Gasteiger partial charge in [0.1, 0.15) is 0 Å². The normalized spacial score (nSPS) is 16.4. The molecule has 0 saturated heterocycles. The molecule has 1 aliphatic heterocycles. The summed E-state index contributed by atoms with van der Waals surface area (Å²) in [6, 6.07) is 4.95. The number of rotatable bonds is 5. The van der Waals surface area contributed by atoms with Crippen LogP contribution in [-0.4, -0.2) is 35.8 Å². The van der Waals surface area contributed by atoms with Crippen LogP contribution in [0.1, 0.15) is 29.3 Å². The van der Waals surface area contributed by atoms with E-state index in [0.717, 1.165) is 32.7 Å². The highest BCUT2D eigenvalue weighted by molar-refractivity contribution is 5.87. The Hall–Kier alpha value is -1.36. The second-order valence-electron chi connectivity index (χ2n) is 6.65. The van der Waals surface area contributed by atoms with E-state index >= 15 is 0 Å². The first-order valence-electron chi connectivity index (χ1n) is 8.07. The van der Waals surface area contributed by atoms with Gasteiger partial charge in [-0.1, -0.05) is 0 Å². The molecule has 0 radical (unpaired) electrons. The lowest BCUT2D eigenvalue weighted by molar-refractivity contribution is 0.147. The van der Waals surface area contributed by atoms with Gasteiger partial charge in [0, 0.05) is 56.4 Å². The molecule has 0 amide bonds. The van der Waals surface area contributed by atoms with Gasteiger partial charge in [0.2, 0.25) is 0 Å². The second-order valence-corrected chi connectivity index (χ2v) is 6.65. The van der Waals surface area contributed by atoms with Crippen LogP contribution in [0.3, 0.4) is 0 Å². The minimum Gasteiger partial charge on any atom is -0.383 e. The Balaban J connectivity index is 1.99. The van der Waals surface area contributed by atoms with Gasteiger partial charge in [-0.2, -0.15) is 0 Å². The molecule has 22 heavy (non-hydrogen) atoms. The lowest BCUT2D eigenvalue weighted by Crippen LogP contribution is -2.21. The van der Waals surface area contributed by atoms with Crippen LogP contribution in [0.2, 0.25) is 0 Å². The minimum absolute atomic E-state index is 0.191. The van der Waals surface area contributed by atoms with Crippen LogP contribution in [0, 0.1) is 6.92 Å². The second kappa shape index (κ2) is 6.03. The standard InChI is InChI=1S/C18H27N3O/c1-12(19)7-16-13(2)20(3)18-9-15-11-21(5-6-22-4)10-14(15)8-17(16)18/h8-9,12H,5-7,10-11,19H2,1-4H3. The fourth-order valence-corrected chi connectivity index (χ4v) is 3.56. The third kappa shape index (κ3) is 2.67. The average Bonchev–Trinajstić information content (AvgIpc) is 2.97. The summed E-state index contributed by atoms with van der Waals surface area (Å²) in [5.74, 6) is 0. The van der Waals surface area contributed by atoms with Crippen molar-refractivity contribution in [1.82, 2.24) is 9.47 Å². The lowest BCUT2D eigenvalue weighted by Gasteiger charge is -2.13. The molecule has 3 rings (SSSR count). The Kier molecular flexibility index (Phi) is 4.26. The lowest BCUT2D eigenvalue weighted by atomic mass is 10.0. The molecule has 0 bridgehead atoms. The van der Waals surface area contributed by atoms with E-state index in [1.807, 2.05) is 0 Å². The van der Waals surface area contributed by atoms with Gasteiger partial charge in [-0.3, -0.25) is 4.90 Å². The third-order valence-electron chi connectivity index (χ3n) is 4.87. The highest BCUT2D eigenvalue weighted by Gasteiger charge is 2.22. The van der Waals surface area contributed by atoms with Crippen LogP contribution in [0.5, 0.6) is 0 Å². The van der Waals surface area contributed by atoms with Crippen molar-refractivity contribution in [3.8, 4) is 0 Å². The van der Waals surface area contributed by atoms with Gasteiger partial charge in [0.05, 0.1) is 6.61 Å². The molecule has 1 atom stereocenters. The van der Waals surface area contributed by atoms with E-state index in [0.29, 0.717) is 0 Å². The molecule has 0 fully saturated rings. The van der Waals surface area contributed by atoms with Crippen LogP contribution in [-0.2, 0) is 31.3 Å². The zero-order valence-electron chi connectivity index (χ0n) is 14.1. The molecule has 2 heterocycles. The van der Waals surface area contributed by atoms with Crippen molar-refractivity contribution in [1.29, 1.82) is 0 Å². The van der Waals surface area contributed by atoms with Gasteiger partial charge in [-0.05, 0) is 49.1 Å². The van der Waals surface area contributed by atoms with Crippen LogP contribution < -0.4 is 5.73 Å². The summed E-state index contributed by atoms with van der Waals surface area (Å²) >= 11 is 0. The summed E-state index contributed by atoms with van der Waals surface area (Å²) in [5, 5.41) is 1.38. The van der Waals surface area contributed by atoms with Gasteiger partial charge < -0.3 is 15.0 Å². The molecule has 0 spiro atoms. The number of methoxy groups -OCH3 is 1. The molecule has 1 aromatic heterocycles. The van der Waals surface area contributed by atoms with E-state index in [1.165, 1.54) is 33.3 Å². The van der Waals surface area contributed by atoms with Crippen LogP contribution in [0.15, 0.2) is 12.1 Å². The maximum atomic E-state index is 6.05. The van der Waals surface area contributed by atoms with E-state index in [-0.39, 0.29) is 6.04 Å². The average molecular weight is 301 g/mol. The zero-order chi connectivity index (χ0) is 15.9. The van der Waals surface area contributed by atoms with Gasteiger partial charge in [0.25, 0.3) is 0 Å². The Morgan fingerprint density at radius 2 is 1.95 bits per heavy atom. The van der Waals surface area contributed by atoms with Crippen LogP contribution >= 0.6 is 0 Å². The smallest absolute Gasteiger partial charge is 0.0589 e. The van der Waals surface area contributed by atoms with Gasteiger partial charge in [-0.25, -0.2) is 0 Å². The summed E-state index contributed by atoms with van der Waals surface area (Å²) < 4.78 is 7.51.